The van der Waals surface area contributed by atoms with E-state index in [0.29, 0.717) is 21.5 Å². The van der Waals surface area contributed by atoms with E-state index in [-0.39, 0.29) is 18.0 Å². The van der Waals surface area contributed by atoms with Crippen LogP contribution in [0.5, 0.6) is 5.75 Å². The van der Waals surface area contributed by atoms with Gasteiger partial charge in [-0.15, -0.1) is 0 Å². The van der Waals surface area contributed by atoms with Crippen LogP contribution in [0.3, 0.4) is 0 Å². The van der Waals surface area contributed by atoms with Gasteiger partial charge >= 0.3 is 5.97 Å². The van der Waals surface area contributed by atoms with E-state index < -0.39 is 5.97 Å². The summed E-state index contributed by atoms with van der Waals surface area (Å²) in [6, 6.07) is 21.2. The summed E-state index contributed by atoms with van der Waals surface area (Å²) in [5.41, 5.74) is 2.46. The Morgan fingerprint density at radius 3 is 2.53 bits per heavy atom. The molecule has 0 radical (unpaired) electrons. The van der Waals surface area contributed by atoms with E-state index in [4.69, 9.17) is 19.3 Å². The second-order valence-electron chi connectivity index (χ2n) is 7.83. The number of methoxy groups -OCH3 is 1. The number of aromatic nitrogens is 1. The summed E-state index contributed by atoms with van der Waals surface area (Å²) < 4.78 is 12.6. The normalized spacial score (nSPS) is 15.7. The zero-order chi connectivity index (χ0) is 25.1. The maximum atomic E-state index is 13.4. The van der Waals surface area contributed by atoms with Crippen molar-refractivity contribution >= 4 is 40.6 Å². The maximum Gasteiger partial charge on any atom is 0.335 e. The molecule has 0 aliphatic carbocycles. The number of benzene rings is 2. The number of furan rings is 1. The molecule has 1 aliphatic heterocycles. The number of aliphatic imine (C=N–C) groups is 1. The van der Waals surface area contributed by atoms with E-state index in [1.165, 1.54) is 11.8 Å². The van der Waals surface area contributed by atoms with Crippen LogP contribution in [0.1, 0.15) is 21.8 Å². The lowest BCUT2D eigenvalue weighted by molar-refractivity contribution is -0.122. The summed E-state index contributed by atoms with van der Waals surface area (Å²) in [5.74, 6) is 0.205. The third kappa shape index (κ3) is 4.82. The lowest BCUT2D eigenvalue weighted by atomic mass is 10.2. The number of rotatable bonds is 7. The van der Waals surface area contributed by atoms with E-state index in [1.807, 2.05) is 59.3 Å². The summed E-state index contributed by atoms with van der Waals surface area (Å²) in [4.78, 5) is 31.4. The fourth-order valence-electron chi connectivity index (χ4n) is 3.70. The Bertz CT molecular complexity index is 1450. The molecule has 0 bridgehead atoms. The van der Waals surface area contributed by atoms with Gasteiger partial charge in [-0.05, 0) is 90.6 Å². The number of hydrogen-bond donors (Lipinski definition) is 1. The monoisotopic (exact) mass is 499 g/mol. The van der Waals surface area contributed by atoms with Crippen molar-refractivity contribution in [2.24, 2.45) is 4.99 Å². The molecule has 2 aromatic carbocycles. The number of thioether (sulfide) groups is 1. The molecular formula is C27H21N3O5S. The Kier molecular flexibility index (Phi) is 6.46. The first-order valence-corrected chi connectivity index (χ1v) is 11.8. The predicted octanol–water partition coefficient (Wildman–Crippen LogP) is 5.58. The lowest BCUT2D eigenvalue weighted by Crippen LogP contribution is -2.28. The van der Waals surface area contributed by atoms with Crippen LogP contribution in [0.15, 0.2) is 99.6 Å². The average molecular weight is 500 g/mol. The van der Waals surface area contributed by atoms with Crippen molar-refractivity contribution in [2.75, 3.05) is 7.11 Å². The lowest BCUT2D eigenvalue weighted by Gasteiger charge is -2.14. The minimum atomic E-state index is -0.982. The molecule has 0 atom stereocenters. The Hall–Kier alpha value is -4.50. The van der Waals surface area contributed by atoms with E-state index in [1.54, 1.807) is 48.6 Å². The van der Waals surface area contributed by atoms with E-state index >= 15 is 0 Å². The number of carboxylic acids is 1. The van der Waals surface area contributed by atoms with Crippen molar-refractivity contribution in [3.8, 4) is 11.4 Å². The number of carboxylic acid groups (broad SMARTS) is 1. The summed E-state index contributed by atoms with van der Waals surface area (Å²) in [5, 5.41) is 9.71. The number of aromatic carboxylic acids is 1. The topological polar surface area (TPSA) is 97.3 Å². The minimum absolute atomic E-state index is 0.183. The van der Waals surface area contributed by atoms with Gasteiger partial charge in [0.25, 0.3) is 5.91 Å². The molecule has 36 heavy (non-hydrogen) atoms. The van der Waals surface area contributed by atoms with Crippen LogP contribution in [0, 0.1) is 0 Å². The summed E-state index contributed by atoms with van der Waals surface area (Å²) in [6.45, 7) is 0.253. The van der Waals surface area contributed by atoms with Crippen LogP contribution in [0.4, 0.5) is 5.69 Å². The van der Waals surface area contributed by atoms with Crippen molar-refractivity contribution in [1.82, 2.24) is 9.47 Å². The van der Waals surface area contributed by atoms with Crippen LogP contribution in [0.2, 0.25) is 0 Å². The Morgan fingerprint density at radius 1 is 1.08 bits per heavy atom. The number of amidine groups is 1. The van der Waals surface area contributed by atoms with Crippen molar-refractivity contribution in [3.05, 3.63) is 107 Å². The van der Waals surface area contributed by atoms with Gasteiger partial charge in [0.2, 0.25) is 0 Å². The molecule has 1 N–H and O–H groups in total. The first-order chi connectivity index (χ1) is 17.5. The van der Waals surface area contributed by atoms with Gasteiger partial charge in [0.05, 0.1) is 36.1 Å². The highest BCUT2D eigenvalue weighted by Crippen LogP contribution is 2.36. The van der Waals surface area contributed by atoms with Gasteiger partial charge in [-0.25, -0.2) is 9.79 Å². The molecule has 8 nitrogen and oxygen atoms in total. The molecule has 1 aliphatic rings. The number of amides is 1. The van der Waals surface area contributed by atoms with Crippen molar-refractivity contribution in [3.63, 3.8) is 0 Å². The largest absolute Gasteiger partial charge is 0.497 e. The molecular weight excluding hydrogens is 478 g/mol. The van der Waals surface area contributed by atoms with Crippen LogP contribution in [0.25, 0.3) is 11.8 Å². The first-order valence-electron chi connectivity index (χ1n) is 11.0. The fraction of sp³-hybridized carbons (Fsp3) is 0.0741. The van der Waals surface area contributed by atoms with E-state index in [2.05, 4.69) is 0 Å². The van der Waals surface area contributed by atoms with Gasteiger partial charge in [-0.2, -0.15) is 0 Å². The average Bonchev–Trinajstić information content (AvgIpc) is 3.64. The number of carbonyl (C=O) groups excluding carboxylic acids is 1. The molecule has 0 spiro atoms. The molecule has 1 saturated heterocycles. The molecule has 2 aromatic heterocycles. The molecule has 4 aromatic rings. The highest BCUT2D eigenvalue weighted by molar-refractivity contribution is 8.18. The third-order valence-corrected chi connectivity index (χ3v) is 6.54. The van der Waals surface area contributed by atoms with E-state index in [0.717, 1.165) is 17.1 Å². The zero-order valence-corrected chi connectivity index (χ0v) is 20.0. The van der Waals surface area contributed by atoms with Gasteiger partial charge < -0.3 is 18.8 Å². The van der Waals surface area contributed by atoms with Crippen LogP contribution in [-0.4, -0.2) is 38.7 Å². The van der Waals surface area contributed by atoms with Gasteiger partial charge in [-0.3, -0.25) is 9.69 Å². The molecule has 3 heterocycles. The van der Waals surface area contributed by atoms with Gasteiger partial charge in [-0.1, -0.05) is 0 Å². The molecule has 0 unspecified atom stereocenters. The first kappa shape index (κ1) is 23.3. The van der Waals surface area contributed by atoms with Crippen molar-refractivity contribution in [2.45, 2.75) is 6.54 Å². The minimum Gasteiger partial charge on any atom is -0.497 e. The quantitative estimate of drug-likeness (QED) is 0.333. The smallest absolute Gasteiger partial charge is 0.335 e. The van der Waals surface area contributed by atoms with Crippen LogP contribution in [-0.2, 0) is 11.3 Å². The summed E-state index contributed by atoms with van der Waals surface area (Å²) in [7, 11) is 1.60. The van der Waals surface area contributed by atoms with Gasteiger partial charge in [0.1, 0.15) is 11.5 Å². The molecule has 1 amide bonds. The highest BCUT2D eigenvalue weighted by Gasteiger charge is 2.34. The Balaban J connectivity index is 1.48. The highest BCUT2D eigenvalue weighted by atomic mass is 32.2. The van der Waals surface area contributed by atoms with E-state index in [9.17, 15) is 9.59 Å². The van der Waals surface area contributed by atoms with Gasteiger partial charge in [0.15, 0.2) is 5.17 Å². The third-order valence-electron chi connectivity index (χ3n) is 5.53. The fourth-order valence-corrected chi connectivity index (χ4v) is 4.68. The number of carbonyl (C=O) groups is 2. The van der Waals surface area contributed by atoms with Crippen LogP contribution >= 0.6 is 11.8 Å². The summed E-state index contributed by atoms with van der Waals surface area (Å²) >= 11 is 1.29. The molecule has 180 valence electrons. The van der Waals surface area contributed by atoms with Crippen molar-refractivity contribution < 1.29 is 23.8 Å². The standard InChI is InChI=1S/C27H21N3O5S/c1-34-22-12-8-19(9-13-22)28-27-30(17-23-5-3-15-35-23)25(31)24(36-27)16-21-4-2-14-29(21)20-10-6-18(7-11-20)26(32)33/h2-16H,17H2,1H3,(H,32,33)/b24-16-,28-27?. The zero-order valence-electron chi connectivity index (χ0n) is 19.2. The van der Waals surface area contributed by atoms with Crippen molar-refractivity contribution in [1.29, 1.82) is 0 Å². The predicted molar refractivity (Wildman–Crippen MR) is 138 cm³/mol. The Morgan fingerprint density at radius 2 is 1.86 bits per heavy atom. The molecule has 5 rings (SSSR count). The molecule has 0 saturated carbocycles. The number of hydrogen-bond acceptors (Lipinski definition) is 6. The SMILES string of the molecule is COc1ccc(N=C2S/C(=C\c3cccn3-c3ccc(C(=O)O)cc3)C(=O)N2Cc2ccco2)cc1. The second-order valence-corrected chi connectivity index (χ2v) is 8.84. The maximum absolute atomic E-state index is 13.4. The van der Waals surface area contributed by atoms with Crippen LogP contribution < -0.4 is 4.74 Å². The number of nitrogens with zero attached hydrogens (tertiary/aromatic N) is 3. The summed E-state index contributed by atoms with van der Waals surface area (Å²) in [6.07, 6.45) is 5.24. The van der Waals surface area contributed by atoms with Gasteiger partial charge in [0, 0.05) is 17.6 Å². The Labute approximate surface area is 211 Å². The molecule has 9 heteroatoms. The number of ether oxygens (including phenoxy) is 1. The second kappa shape index (κ2) is 10.0. The molecule has 1 fully saturated rings.